The summed E-state index contributed by atoms with van der Waals surface area (Å²) < 4.78 is 18.2. The minimum Gasteiger partial charge on any atom is -0.379 e. The van der Waals surface area contributed by atoms with E-state index >= 15 is 0 Å². The molecule has 4 heteroatoms. The van der Waals surface area contributed by atoms with Crippen LogP contribution in [-0.4, -0.2) is 37.2 Å². The van der Waals surface area contributed by atoms with Gasteiger partial charge in [-0.1, -0.05) is 12.1 Å². The molecule has 0 amide bonds. The van der Waals surface area contributed by atoms with E-state index in [2.05, 4.69) is 11.8 Å². The largest absolute Gasteiger partial charge is 0.379 e. The number of hydrogen-bond donors (Lipinski definition) is 1. The van der Waals surface area contributed by atoms with Gasteiger partial charge in [0.05, 0.1) is 13.2 Å². The van der Waals surface area contributed by atoms with E-state index < -0.39 is 0 Å². The van der Waals surface area contributed by atoms with E-state index in [4.69, 9.17) is 10.5 Å². The van der Waals surface area contributed by atoms with Gasteiger partial charge < -0.3 is 10.5 Å². The first-order chi connectivity index (χ1) is 8.18. The highest BCUT2D eigenvalue weighted by atomic mass is 19.1. The van der Waals surface area contributed by atoms with Crippen molar-refractivity contribution in [2.75, 3.05) is 26.3 Å². The maximum Gasteiger partial charge on any atom is 0.123 e. The first-order valence-electron chi connectivity index (χ1n) is 6.01. The van der Waals surface area contributed by atoms with Crippen molar-refractivity contribution in [3.8, 4) is 0 Å². The molecule has 0 aromatic heterocycles. The van der Waals surface area contributed by atoms with Gasteiger partial charge in [-0.3, -0.25) is 4.90 Å². The first kappa shape index (κ1) is 12.5. The third kappa shape index (κ3) is 3.03. The maximum atomic E-state index is 12.8. The third-order valence-corrected chi connectivity index (χ3v) is 3.40. The van der Waals surface area contributed by atoms with Crippen molar-refractivity contribution in [3.63, 3.8) is 0 Å². The number of rotatable bonds is 3. The van der Waals surface area contributed by atoms with Crippen molar-refractivity contribution in [1.82, 2.24) is 4.90 Å². The van der Waals surface area contributed by atoms with E-state index in [-0.39, 0.29) is 17.9 Å². The molecule has 3 nitrogen and oxygen atoms in total. The summed E-state index contributed by atoms with van der Waals surface area (Å²) in [5.41, 5.74) is 7.19. The third-order valence-electron chi connectivity index (χ3n) is 3.40. The Morgan fingerprint density at radius 2 is 1.82 bits per heavy atom. The molecule has 1 aromatic rings. The fraction of sp³-hybridized carbons (Fsp3) is 0.538. The van der Waals surface area contributed by atoms with Crippen molar-refractivity contribution in [2.24, 2.45) is 5.73 Å². The van der Waals surface area contributed by atoms with Gasteiger partial charge in [-0.2, -0.15) is 0 Å². The number of nitrogens with zero attached hydrogens (tertiary/aromatic N) is 1. The number of morpholine rings is 1. The van der Waals surface area contributed by atoms with Gasteiger partial charge in [-0.05, 0) is 24.6 Å². The predicted molar refractivity (Wildman–Crippen MR) is 65.2 cm³/mol. The Balaban J connectivity index is 2.02. The highest BCUT2D eigenvalue weighted by Crippen LogP contribution is 2.19. The van der Waals surface area contributed by atoms with Crippen LogP contribution in [0.5, 0.6) is 0 Å². The molecular weight excluding hydrogens is 219 g/mol. The van der Waals surface area contributed by atoms with Gasteiger partial charge in [0.1, 0.15) is 5.82 Å². The van der Waals surface area contributed by atoms with Crippen LogP contribution in [0, 0.1) is 5.82 Å². The maximum absolute atomic E-state index is 12.8. The molecule has 1 fully saturated rings. The van der Waals surface area contributed by atoms with Gasteiger partial charge in [-0.25, -0.2) is 4.39 Å². The average Bonchev–Trinajstić information content (AvgIpc) is 2.39. The summed E-state index contributed by atoms with van der Waals surface area (Å²) >= 11 is 0. The molecule has 0 aliphatic carbocycles. The minimum atomic E-state index is -0.222. The Bertz CT molecular complexity index is 349. The van der Waals surface area contributed by atoms with Crippen molar-refractivity contribution in [2.45, 2.75) is 19.0 Å². The molecule has 17 heavy (non-hydrogen) atoms. The smallest absolute Gasteiger partial charge is 0.123 e. The highest BCUT2D eigenvalue weighted by molar-refractivity contribution is 5.20. The second-order valence-electron chi connectivity index (χ2n) is 4.47. The molecule has 1 aliphatic heterocycles. The van der Waals surface area contributed by atoms with E-state index in [1.54, 1.807) is 12.1 Å². The van der Waals surface area contributed by atoms with Gasteiger partial charge >= 0.3 is 0 Å². The topological polar surface area (TPSA) is 38.5 Å². The molecule has 0 radical (unpaired) electrons. The van der Waals surface area contributed by atoms with Crippen molar-refractivity contribution >= 4 is 0 Å². The van der Waals surface area contributed by atoms with E-state index in [1.807, 2.05) is 0 Å². The monoisotopic (exact) mass is 238 g/mol. The second-order valence-corrected chi connectivity index (χ2v) is 4.47. The van der Waals surface area contributed by atoms with Crippen LogP contribution in [0.2, 0.25) is 0 Å². The number of nitrogens with two attached hydrogens (primary N) is 1. The lowest BCUT2D eigenvalue weighted by Gasteiger charge is -2.35. The Hall–Kier alpha value is -0.970. The van der Waals surface area contributed by atoms with Crippen LogP contribution in [0.4, 0.5) is 4.39 Å². The lowest BCUT2D eigenvalue weighted by atomic mass is 10.00. The zero-order valence-corrected chi connectivity index (χ0v) is 10.1. The lowest BCUT2D eigenvalue weighted by Crippen LogP contribution is -2.46. The van der Waals surface area contributed by atoms with E-state index in [0.29, 0.717) is 0 Å². The molecule has 0 saturated carbocycles. The Morgan fingerprint density at radius 1 is 1.24 bits per heavy atom. The Morgan fingerprint density at radius 3 is 2.41 bits per heavy atom. The van der Waals surface area contributed by atoms with Crippen LogP contribution in [0.15, 0.2) is 24.3 Å². The summed E-state index contributed by atoms with van der Waals surface area (Å²) in [5, 5.41) is 0. The fourth-order valence-corrected chi connectivity index (χ4v) is 2.18. The van der Waals surface area contributed by atoms with Crippen LogP contribution in [0.1, 0.15) is 18.5 Å². The van der Waals surface area contributed by atoms with Gasteiger partial charge in [0.15, 0.2) is 0 Å². The standard InChI is InChI=1S/C13H19FN2O/c1-10(16-6-8-17-9-7-16)13(15)11-2-4-12(14)5-3-11/h2-5,10,13H,6-9,15H2,1H3. The molecule has 2 unspecified atom stereocenters. The minimum absolute atomic E-state index is 0.0892. The molecular formula is C13H19FN2O. The number of halogens is 1. The van der Waals surface area contributed by atoms with Crippen molar-refractivity contribution in [3.05, 3.63) is 35.6 Å². The molecule has 1 aromatic carbocycles. The number of benzene rings is 1. The summed E-state index contributed by atoms with van der Waals surface area (Å²) in [4.78, 5) is 2.32. The summed E-state index contributed by atoms with van der Waals surface area (Å²) in [6.45, 7) is 5.46. The van der Waals surface area contributed by atoms with Crippen LogP contribution in [-0.2, 0) is 4.74 Å². The summed E-state index contributed by atoms with van der Waals surface area (Å²) in [5.74, 6) is -0.222. The normalized spacial score (nSPS) is 21.1. The number of hydrogen-bond acceptors (Lipinski definition) is 3. The van der Waals surface area contributed by atoms with Gasteiger partial charge in [0.2, 0.25) is 0 Å². The average molecular weight is 238 g/mol. The van der Waals surface area contributed by atoms with Crippen LogP contribution >= 0.6 is 0 Å². The zero-order chi connectivity index (χ0) is 12.3. The molecule has 94 valence electrons. The summed E-state index contributed by atoms with van der Waals surface area (Å²) in [7, 11) is 0. The zero-order valence-electron chi connectivity index (χ0n) is 10.1. The van der Waals surface area contributed by atoms with Crippen LogP contribution < -0.4 is 5.73 Å². The predicted octanol–water partition coefficient (Wildman–Crippen LogP) is 1.55. The molecule has 2 rings (SSSR count). The molecule has 2 N–H and O–H groups in total. The molecule has 1 saturated heterocycles. The molecule has 0 spiro atoms. The SMILES string of the molecule is CC(C(N)c1ccc(F)cc1)N1CCOCC1. The van der Waals surface area contributed by atoms with Gasteiger partial charge in [0, 0.05) is 25.2 Å². The molecule has 2 atom stereocenters. The fourth-order valence-electron chi connectivity index (χ4n) is 2.18. The highest BCUT2D eigenvalue weighted by Gasteiger charge is 2.23. The van der Waals surface area contributed by atoms with Crippen molar-refractivity contribution in [1.29, 1.82) is 0 Å². The molecule has 0 bridgehead atoms. The Kier molecular flexibility index (Phi) is 4.10. The van der Waals surface area contributed by atoms with Gasteiger partial charge in [0.25, 0.3) is 0 Å². The van der Waals surface area contributed by atoms with E-state index in [0.717, 1.165) is 31.9 Å². The second kappa shape index (κ2) is 5.58. The number of ether oxygens (including phenoxy) is 1. The quantitative estimate of drug-likeness (QED) is 0.868. The molecule has 1 aliphatic rings. The van der Waals surface area contributed by atoms with Gasteiger partial charge in [-0.15, -0.1) is 0 Å². The van der Waals surface area contributed by atoms with Crippen molar-refractivity contribution < 1.29 is 9.13 Å². The Labute approximate surface area is 101 Å². The first-order valence-corrected chi connectivity index (χ1v) is 6.01. The summed E-state index contributed by atoms with van der Waals surface area (Å²) in [6.07, 6.45) is 0. The summed E-state index contributed by atoms with van der Waals surface area (Å²) in [6, 6.07) is 6.59. The van der Waals surface area contributed by atoms with E-state index in [1.165, 1.54) is 12.1 Å². The van der Waals surface area contributed by atoms with Crippen LogP contribution in [0.25, 0.3) is 0 Å². The molecule has 1 heterocycles. The van der Waals surface area contributed by atoms with E-state index in [9.17, 15) is 4.39 Å². The lowest BCUT2D eigenvalue weighted by molar-refractivity contribution is 0.0150. The van der Waals surface area contributed by atoms with Crippen LogP contribution in [0.3, 0.4) is 0 Å².